The zero-order valence-electron chi connectivity index (χ0n) is 17.0. The number of aromatic amines is 1. The van der Waals surface area contributed by atoms with Crippen molar-refractivity contribution in [3.63, 3.8) is 0 Å². The second-order valence-electron chi connectivity index (χ2n) is 8.04. The van der Waals surface area contributed by atoms with Crippen LogP contribution in [-0.4, -0.2) is 26.6 Å². The topological polar surface area (TPSA) is 87.2 Å². The van der Waals surface area contributed by atoms with E-state index in [1.807, 2.05) is 27.7 Å². The van der Waals surface area contributed by atoms with Gasteiger partial charge in [-0.25, -0.2) is 13.9 Å². The van der Waals surface area contributed by atoms with Crippen LogP contribution in [0.4, 0.5) is 9.18 Å². The standard InChI is InChI=1S/C21H25FN4O3/c1-5-8-16-14(18(27)26(24-16)21(2,3)4)11-17-19(28)25(20(29)23-17)12-13-9-6-7-10-15(13)22/h6-7,9-11,24H,5,8,12H2,1-4H3,(H,23,29)/b17-11-. The van der Waals surface area contributed by atoms with Gasteiger partial charge in [0.25, 0.3) is 11.5 Å². The summed E-state index contributed by atoms with van der Waals surface area (Å²) in [5.74, 6) is -1.09. The molecule has 2 heterocycles. The highest BCUT2D eigenvalue weighted by atomic mass is 19.1. The average molecular weight is 400 g/mol. The Morgan fingerprint density at radius 1 is 1.14 bits per heavy atom. The van der Waals surface area contributed by atoms with E-state index in [-0.39, 0.29) is 23.4 Å². The van der Waals surface area contributed by atoms with Crippen molar-refractivity contribution in [2.75, 3.05) is 0 Å². The Kier molecular flexibility index (Phi) is 5.46. The maximum atomic E-state index is 13.9. The number of urea groups is 1. The first-order valence-electron chi connectivity index (χ1n) is 9.55. The highest BCUT2D eigenvalue weighted by Gasteiger charge is 2.34. The number of aromatic nitrogens is 2. The van der Waals surface area contributed by atoms with Crippen LogP contribution in [0.25, 0.3) is 6.08 Å². The summed E-state index contributed by atoms with van der Waals surface area (Å²) in [6.07, 6.45) is 2.84. The first-order valence-corrected chi connectivity index (χ1v) is 9.55. The van der Waals surface area contributed by atoms with Crippen LogP contribution in [0.15, 0.2) is 34.8 Å². The van der Waals surface area contributed by atoms with Crippen molar-refractivity contribution < 1.29 is 14.0 Å². The number of rotatable bonds is 5. The van der Waals surface area contributed by atoms with Crippen LogP contribution in [0.1, 0.15) is 50.9 Å². The summed E-state index contributed by atoms with van der Waals surface area (Å²) < 4.78 is 15.4. The number of nitrogens with one attached hydrogen (secondary N) is 2. The molecule has 8 heteroatoms. The Hall–Kier alpha value is -3.16. The van der Waals surface area contributed by atoms with E-state index >= 15 is 0 Å². The molecule has 1 aromatic carbocycles. The van der Waals surface area contributed by atoms with Crippen LogP contribution in [-0.2, 0) is 23.3 Å². The van der Waals surface area contributed by atoms with Crippen LogP contribution < -0.4 is 10.9 Å². The number of aryl methyl sites for hydroxylation is 1. The molecule has 0 bridgehead atoms. The fourth-order valence-electron chi connectivity index (χ4n) is 3.21. The number of imide groups is 1. The molecule has 29 heavy (non-hydrogen) atoms. The van der Waals surface area contributed by atoms with Crippen LogP contribution in [0.2, 0.25) is 0 Å². The van der Waals surface area contributed by atoms with Gasteiger partial charge in [0.2, 0.25) is 0 Å². The summed E-state index contributed by atoms with van der Waals surface area (Å²) in [4.78, 5) is 38.9. The fourth-order valence-corrected chi connectivity index (χ4v) is 3.21. The number of halogens is 1. The Labute approximate surface area is 168 Å². The molecule has 1 aliphatic rings. The number of carbonyl (C=O) groups is 2. The molecule has 7 nitrogen and oxygen atoms in total. The van der Waals surface area contributed by atoms with E-state index in [1.54, 1.807) is 6.07 Å². The normalized spacial score (nSPS) is 16.0. The quantitative estimate of drug-likeness (QED) is 0.597. The molecule has 2 aromatic rings. The molecule has 0 spiro atoms. The molecule has 1 aliphatic heterocycles. The maximum Gasteiger partial charge on any atom is 0.329 e. The largest absolute Gasteiger partial charge is 0.329 e. The Balaban J connectivity index is 1.96. The monoisotopic (exact) mass is 400 g/mol. The average Bonchev–Trinajstić information content (AvgIpc) is 3.09. The molecule has 0 saturated carbocycles. The van der Waals surface area contributed by atoms with E-state index in [0.29, 0.717) is 17.7 Å². The van der Waals surface area contributed by atoms with Crippen molar-refractivity contribution in [3.8, 4) is 0 Å². The summed E-state index contributed by atoms with van der Waals surface area (Å²) >= 11 is 0. The van der Waals surface area contributed by atoms with Crippen LogP contribution >= 0.6 is 0 Å². The van der Waals surface area contributed by atoms with Crippen LogP contribution in [0.5, 0.6) is 0 Å². The summed E-state index contributed by atoms with van der Waals surface area (Å²) in [5, 5.41) is 5.62. The predicted octanol–water partition coefficient (Wildman–Crippen LogP) is 3.12. The molecule has 0 unspecified atom stereocenters. The third kappa shape index (κ3) is 4.01. The minimum atomic E-state index is -0.645. The van der Waals surface area contributed by atoms with Crippen molar-refractivity contribution in [2.24, 2.45) is 0 Å². The van der Waals surface area contributed by atoms with Crippen molar-refractivity contribution in [3.05, 3.63) is 63.0 Å². The van der Waals surface area contributed by atoms with Gasteiger partial charge >= 0.3 is 6.03 Å². The summed E-state index contributed by atoms with van der Waals surface area (Å²) in [6, 6.07) is 5.33. The van der Waals surface area contributed by atoms with E-state index in [1.165, 1.54) is 29.0 Å². The molecule has 0 atom stereocenters. The van der Waals surface area contributed by atoms with Gasteiger partial charge in [-0.1, -0.05) is 31.5 Å². The first kappa shape index (κ1) is 20.6. The molecule has 154 valence electrons. The Morgan fingerprint density at radius 2 is 1.83 bits per heavy atom. The maximum absolute atomic E-state index is 13.9. The van der Waals surface area contributed by atoms with Gasteiger partial charge in [-0.2, -0.15) is 0 Å². The van der Waals surface area contributed by atoms with Gasteiger partial charge in [0, 0.05) is 11.3 Å². The lowest BCUT2D eigenvalue weighted by Crippen LogP contribution is -2.33. The fraction of sp³-hybridized carbons (Fsp3) is 0.381. The van der Waals surface area contributed by atoms with Crippen molar-refractivity contribution in [1.82, 2.24) is 20.0 Å². The number of amides is 3. The first-order chi connectivity index (χ1) is 13.6. The van der Waals surface area contributed by atoms with Crippen LogP contribution in [0.3, 0.4) is 0 Å². The lowest BCUT2D eigenvalue weighted by molar-refractivity contribution is -0.123. The zero-order valence-corrected chi connectivity index (χ0v) is 17.0. The van der Waals surface area contributed by atoms with Crippen LogP contribution in [0, 0.1) is 5.82 Å². The van der Waals surface area contributed by atoms with E-state index in [0.717, 1.165) is 11.3 Å². The van der Waals surface area contributed by atoms with Gasteiger partial charge in [-0.3, -0.25) is 19.6 Å². The van der Waals surface area contributed by atoms with Gasteiger partial charge in [-0.15, -0.1) is 0 Å². The molecular formula is C21H25FN4O3. The van der Waals surface area contributed by atoms with E-state index in [2.05, 4.69) is 10.4 Å². The SMILES string of the molecule is CCCc1[nH]n(C(C)(C)C)c(=O)c1/C=C1\NC(=O)N(Cc2ccccc2F)C1=O. The zero-order chi connectivity index (χ0) is 21.3. The second-order valence-corrected chi connectivity index (χ2v) is 8.04. The third-order valence-corrected chi connectivity index (χ3v) is 4.71. The van der Waals surface area contributed by atoms with Gasteiger partial charge in [0.15, 0.2) is 0 Å². The summed E-state index contributed by atoms with van der Waals surface area (Å²) in [7, 11) is 0. The number of H-pyrrole nitrogens is 1. The Morgan fingerprint density at radius 3 is 2.45 bits per heavy atom. The highest BCUT2D eigenvalue weighted by Crippen LogP contribution is 2.20. The van der Waals surface area contributed by atoms with E-state index in [9.17, 15) is 18.8 Å². The molecule has 0 aliphatic carbocycles. The van der Waals surface area contributed by atoms with Crippen molar-refractivity contribution in [2.45, 2.75) is 52.6 Å². The van der Waals surface area contributed by atoms with Crippen molar-refractivity contribution >= 4 is 18.0 Å². The lowest BCUT2D eigenvalue weighted by Gasteiger charge is -2.19. The van der Waals surface area contributed by atoms with Gasteiger partial charge < -0.3 is 5.32 Å². The van der Waals surface area contributed by atoms with E-state index < -0.39 is 23.3 Å². The molecule has 1 saturated heterocycles. The molecule has 3 rings (SSSR count). The second kappa shape index (κ2) is 7.69. The molecular weight excluding hydrogens is 375 g/mol. The molecule has 1 aromatic heterocycles. The third-order valence-electron chi connectivity index (χ3n) is 4.71. The number of carbonyl (C=O) groups excluding carboxylic acids is 2. The summed E-state index contributed by atoms with van der Waals surface area (Å²) in [5.41, 5.74) is 0.563. The minimum Gasteiger partial charge on any atom is -0.303 e. The van der Waals surface area contributed by atoms with Gasteiger partial charge in [-0.05, 0) is 39.3 Å². The Bertz CT molecular complexity index is 1040. The number of hydrogen-bond acceptors (Lipinski definition) is 3. The minimum absolute atomic E-state index is 0.000788. The van der Waals surface area contributed by atoms with Gasteiger partial charge in [0.05, 0.1) is 17.6 Å². The lowest BCUT2D eigenvalue weighted by atomic mass is 10.1. The number of benzene rings is 1. The molecule has 0 radical (unpaired) electrons. The molecule has 1 fully saturated rings. The number of hydrogen-bond donors (Lipinski definition) is 2. The molecule has 2 N–H and O–H groups in total. The van der Waals surface area contributed by atoms with Gasteiger partial charge in [0.1, 0.15) is 11.5 Å². The predicted molar refractivity (Wildman–Crippen MR) is 108 cm³/mol. The van der Waals surface area contributed by atoms with Crippen molar-refractivity contribution in [1.29, 1.82) is 0 Å². The smallest absolute Gasteiger partial charge is 0.303 e. The summed E-state index contributed by atoms with van der Waals surface area (Å²) in [6.45, 7) is 7.50. The van der Waals surface area contributed by atoms with E-state index in [4.69, 9.17) is 0 Å². The highest BCUT2D eigenvalue weighted by molar-refractivity contribution is 6.13. The molecule has 3 amide bonds. The number of nitrogens with zero attached hydrogens (tertiary/aromatic N) is 2.